The Hall–Kier alpha value is -1.04. The molecule has 6 atom stereocenters. The molecule has 0 amide bonds. The van der Waals surface area contributed by atoms with Gasteiger partial charge in [0.1, 0.15) is 5.41 Å². The number of aliphatic hydroxyl groups is 2. The molecule has 1 heterocycles. The molecular weight excluding hydrogens is 260 g/mol. The monoisotopic (exact) mass is 280 g/mol. The maximum atomic E-state index is 12.7. The number of carbonyl (C=O) groups is 2. The number of rotatable bonds is 0. The van der Waals surface area contributed by atoms with Crippen LogP contribution in [0.4, 0.5) is 0 Å². The van der Waals surface area contributed by atoms with Crippen LogP contribution in [-0.4, -0.2) is 40.3 Å². The molecule has 0 bridgehead atoms. The van der Waals surface area contributed by atoms with Crippen molar-refractivity contribution >= 4 is 11.6 Å². The van der Waals surface area contributed by atoms with E-state index in [9.17, 15) is 19.8 Å². The third kappa shape index (κ3) is 1.29. The fourth-order valence-electron chi connectivity index (χ4n) is 4.50. The van der Waals surface area contributed by atoms with Crippen LogP contribution in [0, 0.1) is 23.2 Å². The average Bonchev–Trinajstić information content (AvgIpc) is 2.67. The van der Waals surface area contributed by atoms with Gasteiger partial charge < -0.3 is 14.9 Å². The molecule has 3 rings (SSSR count). The van der Waals surface area contributed by atoms with Crippen LogP contribution in [0.5, 0.6) is 0 Å². The van der Waals surface area contributed by atoms with Gasteiger partial charge in [0.25, 0.3) is 0 Å². The summed E-state index contributed by atoms with van der Waals surface area (Å²) in [4.78, 5) is 25.2. The molecule has 110 valence electrons. The number of ketones is 2. The molecule has 5 nitrogen and oxygen atoms in total. The van der Waals surface area contributed by atoms with Gasteiger partial charge in [-0.05, 0) is 31.3 Å². The van der Waals surface area contributed by atoms with E-state index in [2.05, 4.69) is 0 Å². The summed E-state index contributed by atoms with van der Waals surface area (Å²) < 4.78 is 5.49. The quantitative estimate of drug-likeness (QED) is 0.673. The van der Waals surface area contributed by atoms with Crippen molar-refractivity contribution < 1.29 is 24.5 Å². The van der Waals surface area contributed by atoms with Crippen molar-refractivity contribution in [3.05, 3.63) is 11.6 Å². The van der Waals surface area contributed by atoms with Crippen LogP contribution >= 0.6 is 0 Å². The van der Waals surface area contributed by atoms with Crippen molar-refractivity contribution in [2.75, 3.05) is 6.61 Å². The first-order valence-electron chi connectivity index (χ1n) is 7.08. The summed E-state index contributed by atoms with van der Waals surface area (Å²) in [5, 5.41) is 21.1. The van der Waals surface area contributed by atoms with E-state index in [0.717, 1.165) is 0 Å². The van der Waals surface area contributed by atoms with Gasteiger partial charge in [-0.1, -0.05) is 13.8 Å². The van der Waals surface area contributed by atoms with Crippen molar-refractivity contribution in [2.24, 2.45) is 23.2 Å². The predicted molar refractivity (Wildman–Crippen MR) is 69.5 cm³/mol. The number of aliphatic hydroxyl groups excluding tert-OH is 1. The highest BCUT2D eigenvalue weighted by atomic mass is 16.6. The highest BCUT2D eigenvalue weighted by molar-refractivity contribution is 6.15. The van der Waals surface area contributed by atoms with Crippen molar-refractivity contribution in [2.45, 2.75) is 39.1 Å². The van der Waals surface area contributed by atoms with Gasteiger partial charge >= 0.3 is 0 Å². The second-order valence-corrected chi connectivity index (χ2v) is 6.52. The molecule has 2 fully saturated rings. The second kappa shape index (κ2) is 4.00. The fraction of sp³-hybridized carbons (Fsp3) is 0.733. The van der Waals surface area contributed by atoms with E-state index in [1.54, 1.807) is 6.92 Å². The summed E-state index contributed by atoms with van der Waals surface area (Å²) in [6.45, 7) is 5.38. The van der Waals surface area contributed by atoms with Crippen LogP contribution in [0.1, 0.15) is 27.2 Å². The van der Waals surface area contributed by atoms with Crippen molar-refractivity contribution in [3.8, 4) is 0 Å². The van der Waals surface area contributed by atoms with E-state index >= 15 is 0 Å². The normalized spacial score (nSPS) is 51.5. The van der Waals surface area contributed by atoms with E-state index in [4.69, 9.17) is 4.74 Å². The highest BCUT2D eigenvalue weighted by Crippen LogP contribution is 2.62. The van der Waals surface area contributed by atoms with Crippen LogP contribution in [0.2, 0.25) is 0 Å². The Morgan fingerprint density at radius 1 is 1.35 bits per heavy atom. The first-order valence-corrected chi connectivity index (χ1v) is 7.08. The third-order valence-corrected chi connectivity index (χ3v) is 5.60. The van der Waals surface area contributed by atoms with Crippen molar-refractivity contribution in [1.82, 2.24) is 0 Å². The van der Waals surface area contributed by atoms with Gasteiger partial charge in [0.2, 0.25) is 11.6 Å². The van der Waals surface area contributed by atoms with Gasteiger partial charge in [-0.25, -0.2) is 0 Å². The smallest absolute Gasteiger partial charge is 0.244 e. The highest BCUT2D eigenvalue weighted by Gasteiger charge is 2.74. The molecule has 0 aromatic rings. The lowest BCUT2D eigenvalue weighted by Gasteiger charge is -2.54. The maximum Gasteiger partial charge on any atom is 0.244 e. The van der Waals surface area contributed by atoms with E-state index in [1.165, 1.54) is 13.0 Å². The Labute approximate surface area is 117 Å². The average molecular weight is 280 g/mol. The molecule has 2 N–H and O–H groups in total. The zero-order chi connectivity index (χ0) is 14.9. The van der Waals surface area contributed by atoms with E-state index < -0.39 is 29.0 Å². The zero-order valence-electron chi connectivity index (χ0n) is 11.9. The molecule has 0 aromatic carbocycles. The summed E-state index contributed by atoms with van der Waals surface area (Å²) in [6, 6.07) is 0. The minimum atomic E-state index is -2.13. The molecule has 20 heavy (non-hydrogen) atoms. The Bertz CT molecular complexity index is 524. The van der Waals surface area contributed by atoms with Gasteiger partial charge in [-0.3, -0.25) is 9.59 Å². The standard InChI is InChI=1S/C15H20O5/c1-7-4-12(17)14-9(3)11(16)5-10(14)8(2)6-20-15(14,19)13(7)18/h4,8-11,16,19H,5-6H2,1-3H3/t8-,9+,10+,11-,14+,15+/m0/s1. The summed E-state index contributed by atoms with van der Waals surface area (Å²) in [5.74, 6) is -3.71. The number of ether oxygens (including phenoxy) is 1. The molecule has 1 spiro atoms. The molecule has 1 saturated heterocycles. The number of Topliss-reactive ketones (excluding diaryl/α,β-unsaturated/α-hetero) is 1. The van der Waals surface area contributed by atoms with Gasteiger partial charge in [-0.2, -0.15) is 0 Å². The molecule has 1 aliphatic heterocycles. The summed E-state index contributed by atoms with van der Waals surface area (Å²) in [6.07, 6.45) is 1.01. The number of carbonyl (C=O) groups excluding carboxylic acids is 2. The topological polar surface area (TPSA) is 83.8 Å². The molecule has 0 unspecified atom stereocenters. The van der Waals surface area contributed by atoms with Gasteiger partial charge in [0.15, 0.2) is 5.78 Å². The lowest BCUT2D eigenvalue weighted by Crippen LogP contribution is -2.69. The SMILES string of the molecule is CC1=CC(=O)[C@@]23[C@H](C)[C@@H](O)C[C@@H]2[C@@H](C)CO[C@]3(O)C1=O. The Morgan fingerprint density at radius 3 is 2.65 bits per heavy atom. The van der Waals surface area contributed by atoms with Crippen LogP contribution in [0.3, 0.4) is 0 Å². The zero-order valence-corrected chi connectivity index (χ0v) is 11.9. The molecule has 3 aliphatic rings. The lowest BCUT2D eigenvalue weighted by atomic mass is 9.55. The first kappa shape index (κ1) is 13.9. The van der Waals surface area contributed by atoms with E-state index in [-0.39, 0.29) is 29.8 Å². The number of hydrogen-bond acceptors (Lipinski definition) is 5. The van der Waals surface area contributed by atoms with Crippen molar-refractivity contribution in [3.63, 3.8) is 0 Å². The van der Waals surface area contributed by atoms with Gasteiger partial charge in [0.05, 0.1) is 12.7 Å². The predicted octanol–water partition coefficient (Wildman–Crippen LogP) is 0.443. The molecule has 0 radical (unpaired) electrons. The van der Waals surface area contributed by atoms with Crippen LogP contribution in [0.15, 0.2) is 11.6 Å². The van der Waals surface area contributed by atoms with Crippen LogP contribution < -0.4 is 0 Å². The Morgan fingerprint density at radius 2 is 2.00 bits per heavy atom. The summed E-state index contributed by atoms with van der Waals surface area (Å²) >= 11 is 0. The molecular formula is C15H20O5. The first-order chi connectivity index (χ1) is 9.26. The fourth-order valence-corrected chi connectivity index (χ4v) is 4.50. The largest absolute Gasteiger partial charge is 0.393 e. The van der Waals surface area contributed by atoms with Crippen LogP contribution in [0.25, 0.3) is 0 Å². The Balaban J connectivity index is 2.27. The minimum Gasteiger partial charge on any atom is -0.393 e. The van der Waals surface area contributed by atoms with E-state index in [1.807, 2.05) is 6.92 Å². The second-order valence-electron chi connectivity index (χ2n) is 6.52. The van der Waals surface area contributed by atoms with Crippen molar-refractivity contribution in [1.29, 1.82) is 0 Å². The molecule has 2 aliphatic carbocycles. The third-order valence-electron chi connectivity index (χ3n) is 5.60. The van der Waals surface area contributed by atoms with E-state index in [0.29, 0.717) is 6.42 Å². The number of hydrogen-bond donors (Lipinski definition) is 2. The molecule has 0 aromatic heterocycles. The Kier molecular flexibility index (Phi) is 2.78. The van der Waals surface area contributed by atoms with Gasteiger partial charge in [0, 0.05) is 11.5 Å². The number of allylic oxidation sites excluding steroid dienone is 1. The summed E-state index contributed by atoms with van der Waals surface area (Å²) in [5.41, 5.74) is -1.13. The minimum absolute atomic E-state index is 0.0124. The molecule has 1 saturated carbocycles. The molecule has 5 heteroatoms. The van der Waals surface area contributed by atoms with Gasteiger partial charge in [-0.15, -0.1) is 0 Å². The van der Waals surface area contributed by atoms with Crippen LogP contribution in [-0.2, 0) is 14.3 Å². The maximum absolute atomic E-state index is 12.7. The lowest BCUT2D eigenvalue weighted by molar-refractivity contribution is -0.296. The summed E-state index contributed by atoms with van der Waals surface area (Å²) in [7, 11) is 0.